The van der Waals surface area contributed by atoms with E-state index in [0.29, 0.717) is 6.04 Å². The number of anilines is 1. The summed E-state index contributed by atoms with van der Waals surface area (Å²) in [5.74, 6) is 0. The van der Waals surface area contributed by atoms with E-state index >= 15 is 0 Å². The van der Waals surface area contributed by atoms with Crippen molar-refractivity contribution in [2.75, 3.05) is 31.6 Å². The second-order valence-electron chi connectivity index (χ2n) is 6.18. The van der Waals surface area contributed by atoms with Crippen molar-refractivity contribution in [1.29, 1.82) is 0 Å². The molecule has 4 heteroatoms. The van der Waals surface area contributed by atoms with Crippen molar-refractivity contribution in [3.8, 4) is 0 Å². The number of hydrogen-bond donors (Lipinski definition) is 1. The Morgan fingerprint density at radius 3 is 3.10 bits per heavy atom. The van der Waals surface area contributed by atoms with Crippen molar-refractivity contribution in [3.05, 3.63) is 24.0 Å². The molecule has 2 fully saturated rings. The minimum atomic E-state index is 0.592. The molecule has 2 aliphatic rings. The first kappa shape index (κ1) is 13.8. The molecule has 1 N–H and O–H groups in total. The summed E-state index contributed by atoms with van der Waals surface area (Å²) < 4.78 is 0. The van der Waals surface area contributed by atoms with Crippen molar-refractivity contribution >= 4 is 5.69 Å². The Balaban J connectivity index is 1.76. The second-order valence-corrected chi connectivity index (χ2v) is 6.18. The fraction of sp³-hybridized carbons (Fsp3) is 0.688. The monoisotopic (exact) mass is 274 g/mol. The lowest BCUT2D eigenvalue weighted by atomic mass is 9.96. The molecule has 2 saturated heterocycles. The molecule has 0 aliphatic carbocycles. The van der Waals surface area contributed by atoms with Gasteiger partial charge in [-0.3, -0.25) is 9.88 Å². The summed E-state index contributed by atoms with van der Waals surface area (Å²) >= 11 is 0. The zero-order valence-electron chi connectivity index (χ0n) is 12.7. The second kappa shape index (κ2) is 6.10. The molecule has 2 atom stereocenters. The zero-order valence-corrected chi connectivity index (χ0v) is 12.7. The lowest BCUT2D eigenvalue weighted by molar-refractivity contribution is 0.115. The van der Waals surface area contributed by atoms with Gasteiger partial charge in [0.2, 0.25) is 0 Å². The van der Waals surface area contributed by atoms with Gasteiger partial charge in [-0.2, -0.15) is 0 Å². The fourth-order valence-corrected chi connectivity index (χ4v) is 3.63. The molecule has 3 rings (SSSR count). The third kappa shape index (κ3) is 2.81. The Kier molecular flexibility index (Phi) is 4.22. The molecule has 0 saturated carbocycles. The van der Waals surface area contributed by atoms with Crippen molar-refractivity contribution in [3.63, 3.8) is 0 Å². The highest BCUT2D eigenvalue weighted by atomic mass is 15.3. The molecule has 4 nitrogen and oxygen atoms in total. The largest absolute Gasteiger partial charge is 0.366 e. The summed E-state index contributed by atoms with van der Waals surface area (Å²) in [5, 5.41) is 3.18. The highest BCUT2D eigenvalue weighted by Gasteiger charge is 2.32. The van der Waals surface area contributed by atoms with Gasteiger partial charge in [-0.1, -0.05) is 6.42 Å². The number of fused-ring (bicyclic) bond motifs is 1. The molecule has 2 unspecified atom stereocenters. The van der Waals surface area contributed by atoms with Crippen LogP contribution in [0.3, 0.4) is 0 Å². The van der Waals surface area contributed by atoms with Gasteiger partial charge >= 0.3 is 0 Å². The third-order valence-electron chi connectivity index (χ3n) is 4.68. The molecule has 0 amide bonds. The molecule has 110 valence electrons. The van der Waals surface area contributed by atoms with Crippen LogP contribution in [0.2, 0.25) is 0 Å². The molecule has 0 spiro atoms. The molecule has 1 aromatic heterocycles. The molecule has 0 bridgehead atoms. The van der Waals surface area contributed by atoms with Gasteiger partial charge in [0.1, 0.15) is 0 Å². The lowest BCUT2D eigenvalue weighted by Crippen LogP contribution is -2.58. The lowest BCUT2D eigenvalue weighted by Gasteiger charge is -2.48. The van der Waals surface area contributed by atoms with Crippen LogP contribution in [0.5, 0.6) is 0 Å². The Labute approximate surface area is 122 Å². The molecule has 0 aromatic carbocycles. The van der Waals surface area contributed by atoms with E-state index in [1.54, 1.807) is 0 Å². The Bertz CT molecular complexity index is 448. The van der Waals surface area contributed by atoms with Crippen LogP contribution in [-0.2, 0) is 6.54 Å². The number of nitrogens with zero attached hydrogens (tertiary/aromatic N) is 3. The number of piperazine rings is 1. The summed E-state index contributed by atoms with van der Waals surface area (Å²) in [6.07, 6.45) is 6.08. The number of piperidine rings is 1. The number of rotatable bonds is 3. The van der Waals surface area contributed by atoms with Crippen molar-refractivity contribution in [2.45, 2.75) is 44.8 Å². The number of pyridine rings is 1. The topological polar surface area (TPSA) is 31.4 Å². The molecular weight excluding hydrogens is 248 g/mol. The van der Waals surface area contributed by atoms with Crippen LogP contribution in [0, 0.1) is 0 Å². The predicted octanol–water partition coefficient (Wildman–Crippen LogP) is 1.86. The van der Waals surface area contributed by atoms with Gasteiger partial charge in [-0.25, -0.2) is 0 Å². The van der Waals surface area contributed by atoms with Crippen molar-refractivity contribution in [1.82, 2.24) is 15.2 Å². The van der Waals surface area contributed by atoms with Crippen molar-refractivity contribution in [2.24, 2.45) is 0 Å². The third-order valence-corrected chi connectivity index (χ3v) is 4.68. The van der Waals surface area contributed by atoms with Gasteiger partial charge in [0.05, 0.1) is 5.69 Å². The van der Waals surface area contributed by atoms with Gasteiger partial charge in [0, 0.05) is 43.6 Å². The minimum Gasteiger partial charge on any atom is -0.366 e. The summed E-state index contributed by atoms with van der Waals surface area (Å²) in [6, 6.07) is 5.75. The maximum Gasteiger partial charge on any atom is 0.0562 e. The quantitative estimate of drug-likeness (QED) is 0.912. The Morgan fingerprint density at radius 1 is 1.35 bits per heavy atom. The molecule has 3 heterocycles. The standard InChI is InChI=1S/C16H26N4/c1-13-11-19-8-4-3-5-16(19)12-20(13)15-6-7-18-14(9-15)10-17-2/h6-7,9,13,16-17H,3-5,8,10-12H2,1-2H3. The van der Waals surface area contributed by atoms with Crippen LogP contribution in [-0.4, -0.2) is 48.6 Å². The van der Waals surface area contributed by atoms with E-state index in [0.717, 1.165) is 18.3 Å². The first-order chi connectivity index (χ1) is 9.78. The van der Waals surface area contributed by atoms with Crippen LogP contribution in [0.4, 0.5) is 5.69 Å². The van der Waals surface area contributed by atoms with Crippen LogP contribution in [0.1, 0.15) is 31.9 Å². The molecule has 0 radical (unpaired) electrons. The summed E-state index contributed by atoms with van der Waals surface area (Å²) in [6.45, 7) is 6.86. The van der Waals surface area contributed by atoms with Crippen LogP contribution < -0.4 is 10.2 Å². The van der Waals surface area contributed by atoms with Gasteiger partial charge in [-0.15, -0.1) is 0 Å². The normalized spacial score (nSPS) is 27.4. The van der Waals surface area contributed by atoms with Crippen molar-refractivity contribution < 1.29 is 0 Å². The maximum absolute atomic E-state index is 4.43. The van der Waals surface area contributed by atoms with E-state index in [4.69, 9.17) is 0 Å². The van der Waals surface area contributed by atoms with E-state index < -0.39 is 0 Å². The summed E-state index contributed by atoms with van der Waals surface area (Å²) in [7, 11) is 1.97. The average Bonchev–Trinajstić information content (AvgIpc) is 2.47. The van der Waals surface area contributed by atoms with E-state index in [9.17, 15) is 0 Å². The number of hydrogen-bond acceptors (Lipinski definition) is 4. The van der Waals surface area contributed by atoms with Crippen LogP contribution in [0.25, 0.3) is 0 Å². The molecule has 1 aromatic rings. The molecule has 2 aliphatic heterocycles. The first-order valence-electron chi connectivity index (χ1n) is 7.88. The van der Waals surface area contributed by atoms with Gasteiger partial charge in [0.15, 0.2) is 0 Å². The average molecular weight is 274 g/mol. The molecule has 20 heavy (non-hydrogen) atoms. The van der Waals surface area contributed by atoms with Gasteiger partial charge in [0.25, 0.3) is 0 Å². The highest BCUT2D eigenvalue weighted by molar-refractivity contribution is 5.48. The first-order valence-corrected chi connectivity index (χ1v) is 7.88. The molecular formula is C16H26N4. The summed E-state index contributed by atoms with van der Waals surface area (Å²) in [5.41, 5.74) is 2.46. The van der Waals surface area contributed by atoms with E-state index in [2.05, 4.69) is 39.2 Å². The van der Waals surface area contributed by atoms with E-state index in [1.165, 1.54) is 44.6 Å². The van der Waals surface area contributed by atoms with E-state index in [-0.39, 0.29) is 0 Å². The Hall–Kier alpha value is -1.13. The minimum absolute atomic E-state index is 0.592. The fourth-order valence-electron chi connectivity index (χ4n) is 3.63. The smallest absolute Gasteiger partial charge is 0.0562 e. The van der Waals surface area contributed by atoms with Gasteiger partial charge < -0.3 is 10.2 Å². The maximum atomic E-state index is 4.43. The van der Waals surface area contributed by atoms with Crippen LogP contribution in [0.15, 0.2) is 18.3 Å². The van der Waals surface area contributed by atoms with Crippen LogP contribution >= 0.6 is 0 Å². The number of aromatic nitrogens is 1. The zero-order chi connectivity index (χ0) is 13.9. The number of nitrogens with one attached hydrogen (secondary N) is 1. The van der Waals surface area contributed by atoms with E-state index in [1.807, 2.05) is 13.2 Å². The Morgan fingerprint density at radius 2 is 2.25 bits per heavy atom. The predicted molar refractivity (Wildman–Crippen MR) is 83.0 cm³/mol. The van der Waals surface area contributed by atoms with Gasteiger partial charge in [-0.05, 0) is 45.5 Å². The summed E-state index contributed by atoms with van der Waals surface area (Å²) in [4.78, 5) is 9.70. The SMILES string of the molecule is CNCc1cc(N2CC3CCCCN3CC2C)ccn1. The highest BCUT2D eigenvalue weighted by Crippen LogP contribution is 2.28.